The Bertz CT molecular complexity index is 1540. The van der Waals surface area contributed by atoms with Crippen molar-refractivity contribution in [3.8, 4) is 5.75 Å². The highest BCUT2D eigenvalue weighted by Gasteiger charge is 2.86. The van der Waals surface area contributed by atoms with Crippen LogP contribution in [0, 0.1) is 0 Å². The zero-order chi connectivity index (χ0) is 34.1. The molecule has 0 aliphatic carbocycles. The van der Waals surface area contributed by atoms with Crippen LogP contribution in [0.5, 0.6) is 5.75 Å². The largest absolute Gasteiger partial charge is 0.482 e. The molecule has 0 radical (unpaired) electrons. The van der Waals surface area contributed by atoms with Gasteiger partial charge >= 0.3 is 39.4 Å². The van der Waals surface area contributed by atoms with E-state index in [2.05, 4.69) is 0 Å². The van der Waals surface area contributed by atoms with Crippen molar-refractivity contribution in [1.82, 2.24) is 0 Å². The smallest absolute Gasteiger partial charge is 0.460 e. The Kier molecular flexibility index (Phi) is 9.93. The van der Waals surface area contributed by atoms with Gasteiger partial charge in [0.05, 0.1) is 0 Å². The van der Waals surface area contributed by atoms with Gasteiger partial charge in [-0.15, -0.1) is 0 Å². The number of hydrogen-bond donors (Lipinski definition) is 0. The molecule has 3 aromatic carbocycles. The monoisotopic (exact) mass is 692 g/mol. The Morgan fingerprint density at radius 3 is 1.47 bits per heavy atom. The summed E-state index contributed by atoms with van der Waals surface area (Å²) >= 11 is 0. The minimum Gasteiger partial charge on any atom is -0.482 e. The number of hydrogen-bond acceptors (Lipinski definition) is 6. The van der Waals surface area contributed by atoms with Crippen LogP contribution in [0.15, 0.2) is 99.6 Å². The second kappa shape index (κ2) is 12.4. The molecule has 6 nitrogen and oxygen atoms in total. The van der Waals surface area contributed by atoms with Crippen molar-refractivity contribution < 1.29 is 65.8 Å². The minimum absolute atomic E-state index is 0.0384. The zero-order valence-electron chi connectivity index (χ0n) is 23.5. The van der Waals surface area contributed by atoms with Crippen molar-refractivity contribution in [2.75, 3.05) is 6.61 Å². The van der Waals surface area contributed by atoms with Gasteiger partial charge in [0.2, 0.25) is 0 Å². The van der Waals surface area contributed by atoms with E-state index in [4.69, 9.17) is 13.1 Å². The SMILES string of the molecule is CC(C)(C)OC(=O)COc1ccc(S(OS(=O)(=O)C(F)(F)C(F)(F)C(F)(F)C(F)(F)F)(c2ccccc2)c2ccccc2)cc1. The first-order valence-electron chi connectivity index (χ1n) is 12.5. The van der Waals surface area contributed by atoms with Crippen LogP contribution in [0.2, 0.25) is 0 Å². The van der Waals surface area contributed by atoms with E-state index >= 15 is 0 Å². The molecule has 0 spiro atoms. The molecule has 17 heteroatoms. The molecule has 0 fully saturated rings. The van der Waals surface area contributed by atoms with Crippen LogP contribution in [0.25, 0.3) is 0 Å². The number of esters is 1. The molecule has 0 aromatic heterocycles. The average molecular weight is 693 g/mol. The summed E-state index contributed by atoms with van der Waals surface area (Å²) in [5.74, 6) is -15.8. The summed E-state index contributed by atoms with van der Waals surface area (Å²) in [5.41, 5.74) is -0.843. The minimum atomic E-state index is -7.50. The molecule has 0 unspecified atom stereocenters. The molecular weight excluding hydrogens is 667 g/mol. The molecule has 248 valence electrons. The number of carbonyl (C=O) groups is 1. The highest BCUT2D eigenvalue weighted by molar-refractivity contribution is 8.33. The number of ether oxygens (including phenoxy) is 2. The van der Waals surface area contributed by atoms with Crippen LogP contribution in [0.1, 0.15) is 20.8 Å². The summed E-state index contributed by atoms with van der Waals surface area (Å²) < 4.78 is 165. The lowest BCUT2D eigenvalue weighted by molar-refractivity contribution is -0.382. The van der Waals surface area contributed by atoms with Gasteiger partial charge in [-0.2, -0.15) is 47.9 Å². The number of halogens is 9. The summed E-state index contributed by atoms with van der Waals surface area (Å²) in [6.45, 7) is 4.22. The van der Waals surface area contributed by atoms with Crippen LogP contribution in [-0.4, -0.2) is 49.9 Å². The average Bonchev–Trinajstić information content (AvgIpc) is 2.94. The molecule has 0 N–H and O–H groups in total. The lowest BCUT2D eigenvalue weighted by Gasteiger charge is -2.41. The lowest BCUT2D eigenvalue weighted by atomic mass is 10.1. The fourth-order valence-corrected chi connectivity index (χ4v) is 8.90. The number of alkyl halides is 9. The van der Waals surface area contributed by atoms with Crippen molar-refractivity contribution in [1.29, 1.82) is 0 Å². The van der Waals surface area contributed by atoms with Gasteiger partial charge < -0.3 is 9.47 Å². The van der Waals surface area contributed by atoms with Crippen LogP contribution >= 0.6 is 10.3 Å². The van der Waals surface area contributed by atoms with Gasteiger partial charge in [-0.25, -0.2) is 8.42 Å². The summed E-state index contributed by atoms with van der Waals surface area (Å²) in [6, 6.07) is 17.0. The number of carbonyl (C=O) groups excluding carboxylic acids is 1. The summed E-state index contributed by atoms with van der Waals surface area (Å²) in [7, 11) is -11.5. The standard InChI is InChI=1S/C28H25F9O6S2/c1-24(2,3)42-23(38)18-41-19-14-16-22(17-15-19)44(20-10-6-4-7-11-20,21-12-8-5-9-13-21)43-45(39,40)28(36,37)26(31,32)25(29,30)27(33,34)35/h4-17H,18H2,1-3H3. The van der Waals surface area contributed by atoms with Crippen molar-refractivity contribution >= 4 is 26.4 Å². The maximum Gasteiger partial charge on any atom is 0.460 e. The molecule has 0 saturated carbocycles. The first kappa shape index (κ1) is 36.0. The van der Waals surface area contributed by atoms with Gasteiger partial charge in [0, 0.05) is 14.7 Å². The predicted molar refractivity (Wildman–Crippen MR) is 144 cm³/mol. The molecule has 0 heterocycles. The van der Waals surface area contributed by atoms with Crippen molar-refractivity contribution in [2.45, 2.75) is 64.3 Å². The highest BCUT2D eigenvalue weighted by Crippen LogP contribution is 2.71. The third-order valence-electron chi connectivity index (χ3n) is 5.70. The molecule has 45 heavy (non-hydrogen) atoms. The molecule has 0 aliphatic rings. The van der Waals surface area contributed by atoms with E-state index in [0.717, 1.165) is 48.5 Å². The Morgan fingerprint density at radius 2 is 1.07 bits per heavy atom. The lowest BCUT2D eigenvalue weighted by Crippen LogP contribution is -2.63. The van der Waals surface area contributed by atoms with E-state index in [1.54, 1.807) is 20.8 Å². The molecule has 0 atom stereocenters. The van der Waals surface area contributed by atoms with E-state index in [-0.39, 0.29) is 20.4 Å². The van der Waals surface area contributed by atoms with Crippen molar-refractivity contribution in [3.63, 3.8) is 0 Å². The second-order valence-electron chi connectivity index (χ2n) is 10.2. The Balaban J connectivity index is 2.21. The maximum absolute atomic E-state index is 14.9. The fraction of sp³-hybridized carbons (Fsp3) is 0.321. The van der Waals surface area contributed by atoms with Crippen molar-refractivity contribution in [3.05, 3.63) is 84.9 Å². The van der Waals surface area contributed by atoms with Gasteiger partial charge in [-0.05, 0) is 79.6 Å². The van der Waals surface area contributed by atoms with Gasteiger partial charge in [-0.1, -0.05) is 36.4 Å². The maximum atomic E-state index is 14.9. The first-order chi connectivity index (χ1) is 20.5. The topological polar surface area (TPSA) is 78.9 Å². The molecule has 0 bridgehead atoms. The Morgan fingerprint density at radius 1 is 0.644 bits per heavy atom. The van der Waals surface area contributed by atoms with Gasteiger partial charge in [0.25, 0.3) is 0 Å². The summed E-state index contributed by atoms with van der Waals surface area (Å²) in [6.07, 6.45) is -7.26. The highest BCUT2D eigenvalue weighted by atomic mass is 32.3. The number of benzene rings is 3. The Hall–Kier alpha value is -3.44. The molecule has 0 amide bonds. The fourth-order valence-electron chi connectivity index (χ4n) is 3.69. The number of rotatable bonds is 11. The van der Waals surface area contributed by atoms with Crippen LogP contribution in [0.4, 0.5) is 39.5 Å². The van der Waals surface area contributed by atoms with E-state index in [1.165, 1.54) is 36.4 Å². The van der Waals surface area contributed by atoms with Gasteiger partial charge in [-0.3, -0.25) is 0 Å². The van der Waals surface area contributed by atoms with E-state index in [1.807, 2.05) is 0 Å². The van der Waals surface area contributed by atoms with Crippen LogP contribution < -0.4 is 4.74 Å². The van der Waals surface area contributed by atoms with Crippen molar-refractivity contribution in [2.24, 2.45) is 0 Å². The predicted octanol–water partition coefficient (Wildman–Crippen LogP) is 8.38. The molecular formula is C28H25F9O6S2. The van der Waals surface area contributed by atoms with Crippen LogP contribution in [0.3, 0.4) is 0 Å². The van der Waals surface area contributed by atoms with Gasteiger partial charge in [0.1, 0.15) is 11.4 Å². The molecule has 0 aliphatic heterocycles. The second-order valence-corrected chi connectivity index (χ2v) is 14.7. The third-order valence-corrected chi connectivity index (χ3v) is 10.9. The zero-order valence-corrected chi connectivity index (χ0v) is 25.1. The van der Waals surface area contributed by atoms with E-state index < -0.39 is 61.9 Å². The molecule has 0 saturated heterocycles. The summed E-state index contributed by atoms with van der Waals surface area (Å²) in [5, 5.41) is -7.10. The van der Waals surface area contributed by atoms with E-state index in [0.29, 0.717) is 0 Å². The van der Waals surface area contributed by atoms with E-state index in [9.17, 15) is 52.7 Å². The molecule has 3 aromatic rings. The summed E-state index contributed by atoms with van der Waals surface area (Å²) in [4.78, 5) is 11.2. The Labute approximate surface area is 253 Å². The first-order valence-corrected chi connectivity index (χ1v) is 15.5. The normalized spacial score (nSPS) is 14.1. The van der Waals surface area contributed by atoms with Gasteiger partial charge in [0.15, 0.2) is 6.61 Å². The molecule has 3 rings (SSSR count). The quantitative estimate of drug-likeness (QED) is 0.149. The van der Waals surface area contributed by atoms with Crippen LogP contribution in [-0.2, 0) is 23.3 Å². The third kappa shape index (κ3) is 7.04.